The molecule has 3 rings (SSSR count). The number of nitrogens with zero attached hydrogens (tertiary/aromatic N) is 1. The van der Waals surface area contributed by atoms with E-state index < -0.39 is 0 Å². The number of aromatic nitrogens is 1. The van der Waals surface area contributed by atoms with E-state index in [0.29, 0.717) is 0 Å². The van der Waals surface area contributed by atoms with E-state index in [1.54, 1.807) is 22.5 Å². The molecule has 1 aromatic heterocycles. The molecule has 1 aromatic rings. The van der Waals surface area contributed by atoms with Crippen LogP contribution in [-0.4, -0.2) is 4.57 Å². The van der Waals surface area contributed by atoms with Crippen LogP contribution in [-0.2, 0) is 32.2 Å². The van der Waals surface area contributed by atoms with Gasteiger partial charge in [0.15, 0.2) is 0 Å². The summed E-state index contributed by atoms with van der Waals surface area (Å²) in [4.78, 5) is 0. The fourth-order valence-electron chi connectivity index (χ4n) is 3.68. The normalized spacial score (nSPS) is 19.3. The molecule has 2 aliphatic carbocycles. The van der Waals surface area contributed by atoms with Crippen LogP contribution in [0.4, 0.5) is 0 Å². The lowest BCUT2D eigenvalue weighted by Gasteiger charge is -2.16. The van der Waals surface area contributed by atoms with Crippen LogP contribution in [0.1, 0.15) is 61.5 Å². The van der Waals surface area contributed by atoms with Crippen molar-refractivity contribution < 1.29 is 0 Å². The molecular formula is C15H23N. The van der Waals surface area contributed by atoms with Crippen LogP contribution in [0.3, 0.4) is 0 Å². The van der Waals surface area contributed by atoms with Crippen LogP contribution < -0.4 is 0 Å². The van der Waals surface area contributed by atoms with Gasteiger partial charge in [-0.05, 0) is 68.9 Å². The summed E-state index contributed by atoms with van der Waals surface area (Å²) in [6.07, 6.45) is 12.4. The number of hydrogen-bond donors (Lipinski definition) is 0. The van der Waals surface area contributed by atoms with E-state index in [2.05, 4.69) is 11.5 Å². The molecule has 0 radical (unpaired) electrons. The average Bonchev–Trinajstić information content (AvgIpc) is 2.66. The highest BCUT2D eigenvalue weighted by molar-refractivity contribution is 5.41. The van der Waals surface area contributed by atoms with Gasteiger partial charge in [-0.3, -0.25) is 0 Å². The predicted octanol–water partition coefficient (Wildman–Crippen LogP) is 3.66. The molecule has 1 heterocycles. The van der Waals surface area contributed by atoms with Crippen LogP contribution in [0.5, 0.6) is 0 Å². The van der Waals surface area contributed by atoms with Gasteiger partial charge in [-0.2, -0.15) is 0 Å². The Hall–Kier alpha value is -0.720. The van der Waals surface area contributed by atoms with Gasteiger partial charge >= 0.3 is 0 Å². The van der Waals surface area contributed by atoms with Crippen LogP contribution in [0.2, 0.25) is 0 Å². The highest BCUT2D eigenvalue weighted by atomic mass is 15.0. The second-order valence-corrected chi connectivity index (χ2v) is 5.42. The molecule has 1 heteroatoms. The largest absolute Gasteiger partial charge is 0.348 e. The lowest BCUT2D eigenvalue weighted by atomic mass is 9.89. The van der Waals surface area contributed by atoms with Gasteiger partial charge in [0.2, 0.25) is 0 Å². The smallest absolute Gasteiger partial charge is 0.0222 e. The maximum atomic E-state index is 2.70. The summed E-state index contributed by atoms with van der Waals surface area (Å²) in [5, 5.41) is 0. The van der Waals surface area contributed by atoms with Gasteiger partial charge in [0, 0.05) is 17.9 Å². The summed E-state index contributed by atoms with van der Waals surface area (Å²) < 4.78 is 2.70. The van der Waals surface area contributed by atoms with Crippen molar-refractivity contribution in [3.05, 3.63) is 22.5 Å². The monoisotopic (exact) mass is 217 g/mol. The van der Waals surface area contributed by atoms with E-state index in [1.165, 1.54) is 64.3 Å². The van der Waals surface area contributed by atoms with Crippen molar-refractivity contribution in [2.45, 2.75) is 71.3 Å². The minimum atomic E-state index is 1.26. The van der Waals surface area contributed by atoms with Gasteiger partial charge in [0.25, 0.3) is 0 Å². The molecule has 0 saturated heterocycles. The zero-order valence-corrected chi connectivity index (χ0v) is 10.5. The maximum absolute atomic E-state index is 2.70. The Morgan fingerprint density at radius 3 is 1.81 bits per heavy atom. The number of rotatable bonds is 2. The summed E-state index contributed by atoms with van der Waals surface area (Å²) in [5.74, 6) is 0. The Balaban J connectivity index is 2.10. The Labute approximate surface area is 98.9 Å². The molecule has 0 aliphatic heterocycles. The first kappa shape index (κ1) is 10.4. The standard InChI is InChI=1S/C15H23N/c1-2-11-16-14-9-5-3-7-12(14)13-8-4-6-10-15(13)16/h2-11H2,1H3. The zero-order chi connectivity index (χ0) is 11.0. The molecule has 16 heavy (non-hydrogen) atoms. The zero-order valence-electron chi connectivity index (χ0n) is 10.5. The van der Waals surface area contributed by atoms with E-state index in [0.717, 1.165) is 0 Å². The van der Waals surface area contributed by atoms with Gasteiger partial charge in [0.1, 0.15) is 0 Å². The minimum absolute atomic E-state index is 1.26. The van der Waals surface area contributed by atoms with Crippen molar-refractivity contribution in [2.75, 3.05) is 0 Å². The summed E-state index contributed by atoms with van der Waals surface area (Å²) in [7, 11) is 0. The molecule has 2 aliphatic rings. The predicted molar refractivity (Wildman–Crippen MR) is 68.0 cm³/mol. The molecule has 1 nitrogen and oxygen atoms in total. The van der Waals surface area contributed by atoms with E-state index in [4.69, 9.17) is 0 Å². The summed E-state index contributed by atoms with van der Waals surface area (Å²) >= 11 is 0. The van der Waals surface area contributed by atoms with Gasteiger partial charge < -0.3 is 4.57 Å². The number of fused-ring (bicyclic) bond motifs is 3. The van der Waals surface area contributed by atoms with Gasteiger partial charge in [0.05, 0.1) is 0 Å². The Bertz CT molecular complexity index is 353. The van der Waals surface area contributed by atoms with Crippen molar-refractivity contribution >= 4 is 0 Å². The van der Waals surface area contributed by atoms with Gasteiger partial charge in [-0.25, -0.2) is 0 Å². The third kappa shape index (κ3) is 1.52. The third-order valence-corrected chi connectivity index (χ3v) is 4.34. The van der Waals surface area contributed by atoms with Crippen molar-refractivity contribution in [1.29, 1.82) is 0 Å². The highest BCUT2D eigenvalue weighted by Crippen LogP contribution is 2.34. The van der Waals surface area contributed by atoms with Gasteiger partial charge in [-0.15, -0.1) is 0 Å². The molecule has 0 bridgehead atoms. The summed E-state index contributed by atoms with van der Waals surface area (Å²) in [6, 6.07) is 0. The van der Waals surface area contributed by atoms with Crippen molar-refractivity contribution in [1.82, 2.24) is 4.57 Å². The highest BCUT2D eigenvalue weighted by Gasteiger charge is 2.25. The topological polar surface area (TPSA) is 4.93 Å². The van der Waals surface area contributed by atoms with E-state index >= 15 is 0 Å². The van der Waals surface area contributed by atoms with Crippen LogP contribution in [0.15, 0.2) is 0 Å². The Kier molecular flexibility index (Phi) is 2.79. The first-order chi connectivity index (χ1) is 7.92. The van der Waals surface area contributed by atoms with Crippen LogP contribution >= 0.6 is 0 Å². The molecule has 0 unspecified atom stereocenters. The van der Waals surface area contributed by atoms with E-state index in [-0.39, 0.29) is 0 Å². The summed E-state index contributed by atoms with van der Waals surface area (Å²) in [6.45, 7) is 3.57. The fourth-order valence-corrected chi connectivity index (χ4v) is 3.68. The van der Waals surface area contributed by atoms with Crippen molar-refractivity contribution in [2.24, 2.45) is 0 Å². The molecule has 0 amide bonds. The quantitative estimate of drug-likeness (QED) is 0.712. The lowest BCUT2D eigenvalue weighted by molar-refractivity contribution is 0.566. The molecular weight excluding hydrogens is 194 g/mol. The minimum Gasteiger partial charge on any atom is -0.348 e. The molecule has 0 fully saturated rings. The van der Waals surface area contributed by atoms with Crippen LogP contribution in [0, 0.1) is 0 Å². The SMILES string of the molecule is CCCn1c2c(c3c1CCCC3)CCCC2. The first-order valence-electron chi connectivity index (χ1n) is 7.13. The second-order valence-electron chi connectivity index (χ2n) is 5.42. The van der Waals surface area contributed by atoms with E-state index in [1.807, 2.05) is 0 Å². The third-order valence-electron chi connectivity index (χ3n) is 4.34. The first-order valence-corrected chi connectivity index (χ1v) is 7.13. The molecule has 88 valence electrons. The maximum Gasteiger partial charge on any atom is 0.0222 e. The average molecular weight is 217 g/mol. The molecule has 0 N–H and O–H groups in total. The molecule has 0 spiro atoms. The second kappa shape index (κ2) is 4.27. The molecule has 0 saturated carbocycles. The Morgan fingerprint density at radius 1 is 0.812 bits per heavy atom. The molecule has 0 aromatic carbocycles. The van der Waals surface area contributed by atoms with Gasteiger partial charge in [-0.1, -0.05) is 6.92 Å². The molecule has 0 atom stereocenters. The summed E-state index contributed by atoms with van der Waals surface area (Å²) in [5.41, 5.74) is 6.99. The Morgan fingerprint density at radius 2 is 1.31 bits per heavy atom. The fraction of sp³-hybridized carbons (Fsp3) is 0.733. The van der Waals surface area contributed by atoms with Crippen molar-refractivity contribution in [3.8, 4) is 0 Å². The lowest BCUT2D eigenvalue weighted by Crippen LogP contribution is -2.11. The van der Waals surface area contributed by atoms with Crippen molar-refractivity contribution in [3.63, 3.8) is 0 Å². The number of hydrogen-bond acceptors (Lipinski definition) is 0. The van der Waals surface area contributed by atoms with E-state index in [9.17, 15) is 0 Å². The van der Waals surface area contributed by atoms with Crippen LogP contribution in [0.25, 0.3) is 0 Å².